The lowest BCUT2D eigenvalue weighted by molar-refractivity contribution is -0.369. The Labute approximate surface area is 681 Å². The molecule has 0 aromatic rings. The van der Waals surface area contributed by atoms with Gasteiger partial charge in [0.25, 0.3) is 0 Å². The van der Waals surface area contributed by atoms with Crippen LogP contribution in [0.3, 0.4) is 0 Å². The molecular weight excluding hydrogens is 1600 g/mol. The number of carbonyl (C=O) groups excluding carboxylic acids is 14. The van der Waals surface area contributed by atoms with Crippen LogP contribution in [0.5, 0.6) is 0 Å². The van der Waals surface area contributed by atoms with Gasteiger partial charge in [-0.1, -0.05) is 0 Å². The van der Waals surface area contributed by atoms with E-state index in [4.69, 9.17) is 66.3 Å². The van der Waals surface area contributed by atoms with Gasteiger partial charge in [-0.2, -0.15) is 0 Å². The van der Waals surface area contributed by atoms with Gasteiger partial charge in [0, 0.05) is 143 Å². The Balaban J connectivity index is 1.35. The van der Waals surface area contributed by atoms with E-state index in [0.29, 0.717) is 0 Å². The van der Waals surface area contributed by atoms with Gasteiger partial charge in [0.05, 0.1) is 42.3 Å². The summed E-state index contributed by atoms with van der Waals surface area (Å²) in [4.78, 5) is 185. The normalized spacial score (nSPS) is 39.1. The lowest BCUT2D eigenvalue weighted by Crippen LogP contribution is -2.73. The number of hydrogen-bond acceptors (Lipinski definition) is 35. The van der Waals surface area contributed by atoms with Crippen LogP contribution in [-0.4, -0.2) is 379 Å². The molecule has 0 aromatic heterocycles. The minimum atomic E-state index is -2.21. The second-order valence-corrected chi connectivity index (χ2v) is 30.1. The van der Waals surface area contributed by atoms with E-state index >= 15 is 0 Å². The van der Waals surface area contributed by atoms with Gasteiger partial charge >= 0.3 is 0 Å². The quantitative estimate of drug-likeness (QED) is 0.0507. The van der Waals surface area contributed by atoms with Crippen LogP contribution in [-0.2, 0) is 133 Å². The van der Waals surface area contributed by atoms with E-state index in [1.54, 1.807) is 0 Å². The first-order valence-corrected chi connectivity index (χ1v) is 38.5. The molecule has 14 bridgehead atoms. The summed E-state index contributed by atoms with van der Waals surface area (Å²) < 4.78 is 91.2. The first kappa shape index (κ1) is 96.2. The molecule has 21 aliphatic rings. The Morgan fingerprint density at radius 3 is 0.361 bits per heavy atom. The smallest absolute Gasteiger partial charge is 0.217 e. The fourth-order valence-electron chi connectivity index (χ4n) is 15.2. The molecule has 21 fully saturated rings. The van der Waals surface area contributed by atoms with Gasteiger partial charge < -0.3 is 176 Å². The highest BCUT2D eigenvalue weighted by Gasteiger charge is 2.61. The summed E-state index contributed by atoms with van der Waals surface area (Å²) in [6.45, 7) is 10.4. The number of carbonyl (C=O) groups is 14. The van der Waals surface area contributed by atoms with Gasteiger partial charge in [0.1, 0.15) is 128 Å². The Morgan fingerprint density at radius 2 is 0.277 bits per heavy atom. The zero-order chi connectivity index (χ0) is 88.0. The van der Waals surface area contributed by atoms with E-state index in [2.05, 4.69) is 74.4 Å². The number of amides is 14. The van der Waals surface area contributed by atoms with Crippen molar-refractivity contribution in [2.45, 2.75) is 311 Å². The third-order valence-corrected chi connectivity index (χ3v) is 20.2. The lowest BCUT2D eigenvalue weighted by Gasteiger charge is -2.52. The molecule has 0 aliphatic carbocycles. The summed E-state index contributed by atoms with van der Waals surface area (Å²) in [6.07, 6.45) is -55.1. The topological polar surface area (TPSA) is 678 Å². The molecular formula is C70H112N14O35. The summed E-state index contributed by atoms with van der Waals surface area (Å²) in [7, 11) is 0. The molecule has 0 aromatic carbocycles. The van der Waals surface area contributed by atoms with Crippen molar-refractivity contribution in [3.05, 3.63) is 0 Å². The monoisotopic (exact) mass is 1710 g/mol. The van der Waals surface area contributed by atoms with Gasteiger partial charge in [-0.25, -0.2) is 0 Å². The Hall–Kier alpha value is -8.26. The minimum absolute atomic E-state index is 0.627. The molecule has 21 aliphatic heterocycles. The molecule has 21 rings (SSSR count). The van der Waals surface area contributed by atoms with Crippen molar-refractivity contribution in [1.82, 2.24) is 74.4 Å². The predicted molar refractivity (Wildman–Crippen MR) is 391 cm³/mol. The molecule has 21 N–H and O–H groups in total. The first-order valence-electron chi connectivity index (χ1n) is 38.5. The van der Waals surface area contributed by atoms with Crippen molar-refractivity contribution in [2.75, 3.05) is 45.8 Å². The van der Waals surface area contributed by atoms with E-state index in [1.165, 1.54) is 0 Å². The molecule has 49 heteroatoms. The molecule has 0 radical (unpaired) electrons. The summed E-state index contributed by atoms with van der Waals surface area (Å²) in [5, 5.41) is 125. The average Bonchev–Trinajstić information content (AvgIpc) is 0.804. The first-order chi connectivity index (χ1) is 55.9. The van der Waals surface area contributed by atoms with Gasteiger partial charge in [0.2, 0.25) is 82.7 Å². The van der Waals surface area contributed by atoms with Gasteiger partial charge in [-0.05, 0) is 0 Å². The van der Waals surface area contributed by atoms with Crippen LogP contribution in [0, 0.1) is 0 Å². The summed E-state index contributed by atoms with van der Waals surface area (Å²) in [5.41, 5.74) is 0. The lowest BCUT2D eigenvalue weighted by atomic mass is 9.91. The van der Waals surface area contributed by atoms with Crippen molar-refractivity contribution in [1.29, 1.82) is 0 Å². The largest absolute Gasteiger partial charge is 0.386 e. The van der Waals surface area contributed by atoms with Crippen LogP contribution in [0.2, 0.25) is 0 Å². The number of hydrogen-bond donors (Lipinski definition) is 21. The number of nitrogens with one attached hydrogen (secondary N) is 14. The van der Waals surface area contributed by atoms with Crippen LogP contribution in [0.25, 0.3) is 0 Å². The second kappa shape index (κ2) is 43.0. The maximum atomic E-state index is 13.5. The van der Waals surface area contributed by atoms with Crippen LogP contribution in [0.1, 0.15) is 96.9 Å². The molecule has 14 amide bonds. The number of ether oxygens (including phenoxy) is 14. The van der Waals surface area contributed by atoms with E-state index in [1.807, 2.05) is 0 Å². The van der Waals surface area contributed by atoms with Crippen molar-refractivity contribution < 1.29 is 169 Å². The zero-order valence-electron chi connectivity index (χ0n) is 67.7. The SMILES string of the molecule is CC(=O)NC[C@H]1O[C@@H]2O[C@H]3[C@@H](NC(C)=O)[C@H](O)[C@@H](O[C@H]4[C@@H](NC(C)=O)[C@H](O)[C@@H](O[C@H]5[C@@H](NC(C)=O)[C@H](O)[C@@H](O[C@H]6[C@@H](NC(C)=O)[C@H](O)[C@@H](O[C@H]7[C@@H](NC(C)=O)[C@H](O)[C@@H](O[C@H]8[C@@H](NC(C)=O)[C@H](O)[C@@H](O[C@H]1[C@@H](NC(C)=O)[C@@H]2O)O[C@@H]8CNC(C)=O)O[C@@H]7CNC(C)=O)O[C@@H]6CNC(C)=O)O[C@@H]5CNC(C)=O)O[C@@H]4CNC(C)=O)O[C@@H]3CNC(C)=O. The third kappa shape index (κ3) is 25.7. The van der Waals surface area contributed by atoms with E-state index in [-0.39, 0.29) is 0 Å². The second-order valence-electron chi connectivity index (χ2n) is 30.1. The average molecular weight is 1710 g/mol. The summed E-state index contributed by atoms with van der Waals surface area (Å²) in [5.74, 6) is -11.2. The predicted octanol–water partition coefficient (Wildman–Crippen LogP) is -13.2. The number of aliphatic hydroxyl groups excluding tert-OH is 7. The molecule has 672 valence electrons. The van der Waals surface area contributed by atoms with Crippen molar-refractivity contribution in [2.24, 2.45) is 0 Å². The van der Waals surface area contributed by atoms with Gasteiger partial charge in [-0.15, -0.1) is 0 Å². The molecule has 49 nitrogen and oxygen atoms in total. The maximum Gasteiger partial charge on any atom is 0.217 e. The Bertz CT molecular complexity index is 2970. The van der Waals surface area contributed by atoms with Crippen molar-refractivity contribution in [3.8, 4) is 0 Å². The molecule has 0 saturated carbocycles. The maximum absolute atomic E-state index is 13.5. The van der Waals surface area contributed by atoms with Crippen molar-refractivity contribution >= 4 is 82.7 Å². The summed E-state index contributed by atoms with van der Waals surface area (Å²) >= 11 is 0. The van der Waals surface area contributed by atoms with Crippen LogP contribution in [0.15, 0.2) is 0 Å². The van der Waals surface area contributed by atoms with E-state index in [0.717, 1.165) is 96.9 Å². The standard InChI is InChI=1S/C70H112N14O35/c1-22(85)71-15-36-57-43(78-29(8)92)50(99)64(106-36)114-58-37(16-72-23(2)86)108-66(52(101)45(58)80-31(10)94)116-60-39(18-74-25(4)88)110-68(54(103)47(60)82-33(12)96)118-62-41(20-76-27(6)90)112-70(56(105)49(62)84-35(14)98)119-63-42(21-77-28(7)91)111-69(55(104)48(63)83-34(13)97)117-61-40(19-75-26(5)89)109-67(53(102)46(61)81-32(11)95)115-59-38(17-73-24(3)87)107-65(113-57)51(100)44(59)79-30(9)93/h36-70,99-105H,15-21H2,1-14H3,(H,71,85)(H,72,86)(H,73,87)(H,74,88)(H,75,89)(H,76,90)(H,77,91)(H,78,92)(H,79,93)(H,80,94)(H,81,95)(H,82,96)(H,83,97)(H,84,98)/t36-,37-,38-,39-,40-,41-,42-,43+,44+,45+,46+,47+,48+,49+,50+,51+,52+,53+,54+,55+,56+,57-,58-,59-,60-,61-,62-,63-,64-,65-,66-,67-,68-,69-,70-/m1/s1. The van der Waals surface area contributed by atoms with Gasteiger partial charge in [-0.3, -0.25) is 67.1 Å². The molecule has 21 heterocycles. The van der Waals surface area contributed by atoms with E-state index < -0.39 is 343 Å². The highest BCUT2D eigenvalue weighted by Crippen LogP contribution is 2.40. The molecule has 21 saturated heterocycles. The van der Waals surface area contributed by atoms with Crippen LogP contribution < -0.4 is 74.4 Å². The minimum Gasteiger partial charge on any atom is -0.386 e. The van der Waals surface area contributed by atoms with E-state index in [9.17, 15) is 103 Å². The zero-order valence-corrected chi connectivity index (χ0v) is 67.7. The Kier molecular flexibility index (Phi) is 34.8. The Morgan fingerprint density at radius 1 is 0.176 bits per heavy atom. The van der Waals surface area contributed by atoms with Crippen LogP contribution >= 0.6 is 0 Å². The number of aliphatic hydroxyl groups is 7. The third-order valence-electron chi connectivity index (χ3n) is 20.2. The molecule has 119 heavy (non-hydrogen) atoms. The fraction of sp³-hybridized carbons (Fsp3) is 0.800. The summed E-state index contributed by atoms with van der Waals surface area (Å²) in [6, 6.07) is -12.8. The van der Waals surface area contributed by atoms with Crippen LogP contribution in [0.4, 0.5) is 0 Å². The van der Waals surface area contributed by atoms with Gasteiger partial charge in [0.15, 0.2) is 44.0 Å². The highest BCUT2D eigenvalue weighted by molar-refractivity contribution is 5.78. The highest BCUT2D eigenvalue weighted by atomic mass is 16.8. The molecule has 0 unspecified atom stereocenters. The number of rotatable bonds is 21. The van der Waals surface area contributed by atoms with Crippen molar-refractivity contribution in [3.63, 3.8) is 0 Å². The molecule has 0 spiro atoms. The fourth-order valence-corrected chi connectivity index (χ4v) is 15.2. The molecule has 35 atom stereocenters.